The van der Waals surface area contributed by atoms with Gasteiger partial charge in [-0.15, -0.1) is 53.6 Å². The topological polar surface area (TPSA) is 51.8 Å². The molecule has 8 rings (SSSR count). The predicted molar refractivity (Wildman–Crippen MR) is 220 cm³/mol. The first-order valence-corrected chi connectivity index (χ1v) is 17.8. The van der Waals surface area contributed by atoms with E-state index in [4.69, 9.17) is 16.3 Å². The summed E-state index contributed by atoms with van der Waals surface area (Å²) in [7, 11) is 0. The van der Waals surface area contributed by atoms with Crippen LogP contribution in [0.25, 0.3) is 67.0 Å². The van der Waals surface area contributed by atoms with Gasteiger partial charge in [-0.25, -0.2) is 4.98 Å². The summed E-state index contributed by atoms with van der Waals surface area (Å²) in [5.74, 6) is 0. The SMILES string of the molecule is [2H]C([2H])([2H])c1cnc(-c2[c-]cc(C)cc2)cc1C.[2H]C([2H])(c1ccnc(-c2[c-]ccc3c2oc2nc(-c4c(C)cc(-c5ccccc5)cc4C)ccc23)c1)C(C)(C)C.[Ir]. The zero-order chi connectivity index (χ0) is 41.6. The van der Waals surface area contributed by atoms with Crippen molar-refractivity contribution in [1.82, 2.24) is 15.0 Å². The van der Waals surface area contributed by atoms with Crippen LogP contribution < -0.4 is 0 Å². The van der Waals surface area contributed by atoms with E-state index in [0.717, 1.165) is 55.5 Å². The van der Waals surface area contributed by atoms with Crippen LogP contribution in [0.2, 0.25) is 0 Å². The van der Waals surface area contributed by atoms with Gasteiger partial charge in [0.15, 0.2) is 0 Å². The number of nitrogens with zero attached hydrogens (tertiary/aromatic N) is 3. The second-order valence-electron chi connectivity index (χ2n) is 14.6. The van der Waals surface area contributed by atoms with Gasteiger partial charge in [0.25, 0.3) is 0 Å². The molecule has 0 aliphatic heterocycles. The minimum Gasteiger partial charge on any atom is -0.486 e. The second-order valence-corrected chi connectivity index (χ2v) is 14.6. The molecule has 0 spiro atoms. The van der Waals surface area contributed by atoms with Crippen LogP contribution in [0.15, 0.2) is 120 Å². The fraction of sp³-hybridized carbons (Fsp3) is 0.204. The Morgan fingerprint density at radius 1 is 0.722 bits per heavy atom. The zero-order valence-corrected chi connectivity index (χ0v) is 33.9. The first kappa shape index (κ1) is 32.2. The standard InChI is InChI=1S/C35H31N2O.C14H14N.Ir/c1-22-18-26(25-10-7-6-8-11-25)19-23(2)32(22)30-15-14-28-27-12-9-13-29(33(27)38-34(28)37-30)31-20-24(16-17-36-31)21-35(3,4)5;1-10-4-6-13(7-5-10)14-8-11(2)12(3)9-15-14;/h6-12,14-20H,21H2,1-5H3;4-6,8-9H,1-3H3;/q2*-1;/i21D2;3D3;. The summed E-state index contributed by atoms with van der Waals surface area (Å²) in [6.07, 6.45) is 1.56. The Balaban J connectivity index is 0.000000259. The molecule has 0 atom stereocenters. The molecular weight excluding hydrogens is 839 g/mol. The molecular formula is C49H45IrN3O-2. The molecule has 0 amide bonds. The van der Waals surface area contributed by atoms with Gasteiger partial charge in [-0.1, -0.05) is 104 Å². The maximum Gasteiger partial charge on any atom is 0.216 e. The third-order valence-electron chi connectivity index (χ3n) is 9.08. The van der Waals surface area contributed by atoms with Crippen LogP contribution >= 0.6 is 0 Å². The number of fused-ring (bicyclic) bond motifs is 3. The molecule has 0 saturated heterocycles. The summed E-state index contributed by atoms with van der Waals surface area (Å²) in [4.78, 5) is 13.8. The maximum atomic E-state index is 8.73. The van der Waals surface area contributed by atoms with Crippen molar-refractivity contribution < 1.29 is 31.4 Å². The normalized spacial score (nSPS) is 13.1. The molecule has 0 bridgehead atoms. The van der Waals surface area contributed by atoms with Crippen molar-refractivity contribution in [2.75, 3.05) is 0 Å². The second kappa shape index (κ2) is 16.0. The molecule has 4 aromatic heterocycles. The fourth-order valence-corrected chi connectivity index (χ4v) is 6.56. The van der Waals surface area contributed by atoms with Crippen molar-refractivity contribution >= 4 is 22.1 Å². The Morgan fingerprint density at radius 2 is 1.50 bits per heavy atom. The number of aryl methyl sites for hydroxylation is 5. The molecule has 0 N–H and O–H groups in total. The van der Waals surface area contributed by atoms with E-state index in [2.05, 4.69) is 84.5 Å². The van der Waals surface area contributed by atoms with E-state index in [1.807, 2.05) is 70.2 Å². The summed E-state index contributed by atoms with van der Waals surface area (Å²) in [5.41, 5.74) is 13.0. The number of aromatic nitrogens is 3. The monoisotopic (exact) mass is 889 g/mol. The van der Waals surface area contributed by atoms with Crippen molar-refractivity contribution in [3.63, 3.8) is 0 Å². The molecule has 0 fully saturated rings. The summed E-state index contributed by atoms with van der Waals surface area (Å²) < 4.78 is 46.0. The number of hydrogen-bond donors (Lipinski definition) is 0. The van der Waals surface area contributed by atoms with Gasteiger partial charge >= 0.3 is 0 Å². The van der Waals surface area contributed by atoms with E-state index in [0.29, 0.717) is 33.7 Å². The van der Waals surface area contributed by atoms with Crippen LogP contribution in [0, 0.1) is 52.1 Å². The zero-order valence-electron chi connectivity index (χ0n) is 36.6. The van der Waals surface area contributed by atoms with E-state index < -0.39 is 18.6 Å². The van der Waals surface area contributed by atoms with Crippen molar-refractivity contribution in [1.29, 1.82) is 0 Å². The van der Waals surface area contributed by atoms with Gasteiger partial charge in [0.05, 0.1) is 11.3 Å². The van der Waals surface area contributed by atoms with E-state index in [9.17, 15) is 0 Å². The molecule has 273 valence electrons. The Hall–Kier alpha value is -5.22. The summed E-state index contributed by atoms with van der Waals surface area (Å²) in [6, 6.07) is 40.4. The van der Waals surface area contributed by atoms with Crippen molar-refractivity contribution in [3.05, 3.63) is 161 Å². The van der Waals surface area contributed by atoms with Crippen molar-refractivity contribution in [2.24, 2.45) is 5.41 Å². The van der Waals surface area contributed by atoms with Crippen LogP contribution in [0.5, 0.6) is 0 Å². The molecule has 4 aromatic carbocycles. The Morgan fingerprint density at radius 3 is 2.19 bits per heavy atom. The first-order chi connectivity index (χ1) is 27.4. The van der Waals surface area contributed by atoms with Crippen LogP contribution in [-0.4, -0.2) is 15.0 Å². The van der Waals surface area contributed by atoms with Gasteiger partial charge in [-0.05, 0) is 96.8 Å². The molecule has 0 aliphatic carbocycles. The van der Waals surface area contributed by atoms with Gasteiger partial charge in [0, 0.05) is 50.3 Å². The summed E-state index contributed by atoms with van der Waals surface area (Å²) in [6.45, 7) is 11.6. The Bertz CT molecular complexity index is 2750. The van der Waals surface area contributed by atoms with E-state index in [1.54, 1.807) is 25.3 Å². The van der Waals surface area contributed by atoms with E-state index in [-0.39, 0.29) is 20.1 Å². The third-order valence-corrected chi connectivity index (χ3v) is 9.08. The van der Waals surface area contributed by atoms with E-state index in [1.165, 1.54) is 17.3 Å². The molecule has 5 heteroatoms. The molecule has 8 aromatic rings. The van der Waals surface area contributed by atoms with Gasteiger partial charge in [0.2, 0.25) is 5.71 Å². The average molecular weight is 889 g/mol. The van der Waals surface area contributed by atoms with Crippen molar-refractivity contribution in [2.45, 2.75) is 61.7 Å². The van der Waals surface area contributed by atoms with Crippen LogP contribution in [0.1, 0.15) is 61.0 Å². The van der Waals surface area contributed by atoms with Crippen LogP contribution in [0.4, 0.5) is 0 Å². The largest absolute Gasteiger partial charge is 0.486 e. The Kier molecular flexibility index (Phi) is 9.56. The molecule has 1 radical (unpaired) electrons. The average Bonchev–Trinajstić information content (AvgIpc) is 3.56. The van der Waals surface area contributed by atoms with Gasteiger partial charge in [-0.3, -0.25) is 0 Å². The number of hydrogen-bond acceptors (Lipinski definition) is 4. The van der Waals surface area contributed by atoms with Crippen molar-refractivity contribution in [3.8, 4) is 44.9 Å². The number of rotatable bonds is 5. The molecule has 4 nitrogen and oxygen atoms in total. The van der Waals surface area contributed by atoms with Gasteiger partial charge in [-0.2, -0.15) is 0 Å². The first-order valence-electron chi connectivity index (χ1n) is 20.3. The number of pyridine rings is 3. The van der Waals surface area contributed by atoms with E-state index >= 15 is 0 Å². The predicted octanol–water partition coefficient (Wildman–Crippen LogP) is 12.9. The minimum atomic E-state index is -2.10. The van der Waals surface area contributed by atoms with Gasteiger partial charge in [0.1, 0.15) is 0 Å². The molecule has 0 saturated carbocycles. The molecule has 0 aliphatic rings. The van der Waals surface area contributed by atoms with Crippen LogP contribution in [0.3, 0.4) is 0 Å². The number of furan rings is 1. The summed E-state index contributed by atoms with van der Waals surface area (Å²) in [5, 5.41) is 1.85. The third kappa shape index (κ3) is 8.44. The Labute approximate surface area is 340 Å². The van der Waals surface area contributed by atoms with Gasteiger partial charge < -0.3 is 14.4 Å². The summed E-state index contributed by atoms with van der Waals surface area (Å²) >= 11 is 0. The maximum absolute atomic E-state index is 8.73. The quantitative estimate of drug-likeness (QED) is 0.162. The van der Waals surface area contributed by atoms with Crippen LogP contribution in [-0.2, 0) is 26.5 Å². The minimum absolute atomic E-state index is 0. The number of benzene rings is 4. The smallest absolute Gasteiger partial charge is 0.216 e. The molecule has 0 unspecified atom stereocenters. The molecule has 54 heavy (non-hydrogen) atoms. The fourth-order valence-electron chi connectivity index (χ4n) is 6.56. The molecule has 4 heterocycles.